The summed E-state index contributed by atoms with van der Waals surface area (Å²) in [6, 6.07) is 12.6. The van der Waals surface area contributed by atoms with E-state index in [2.05, 4.69) is 45.0 Å². The van der Waals surface area contributed by atoms with Crippen LogP contribution >= 0.6 is 0 Å². The summed E-state index contributed by atoms with van der Waals surface area (Å²) in [5.74, 6) is 2.33. The van der Waals surface area contributed by atoms with E-state index in [-0.39, 0.29) is 0 Å². The van der Waals surface area contributed by atoms with E-state index in [9.17, 15) is 0 Å². The van der Waals surface area contributed by atoms with Gasteiger partial charge < -0.3 is 18.9 Å². The highest BCUT2D eigenvalue weighted by atomic mass is 16.5. The van der Waals surface area contributed by atoms with Crippen LogP contribution in [0.4, 0.5) is 0 Å². The van der Waals surface area contributed by atoms with Crippen molar-refractivity contribution >= 4 is 0 Å². The van der Waals surface area contributed by atoms with E-state index in [1.165, 1.54) is 11.1 Å². The van der Waals surface area contributed by atoms with Gasteiger partial charge in [0.15, 0.2) is 0 Å². The van der Waals surface area contributed by atoms with Crippen molar-refractivity contribution < 1.29 is 18.9 Å². The fourth-order valence-electron chi connectivity index (χ4n) is 3.54. The van der Waals surface area contributed by atoms with Gasteiger partial charge in [-0.3, -0.25) is 0 Å². The molecule has 0 heterocycles. The first kappa shape index (κ1) is 26.0. The van der Waals surface area contributed by atoms with E-state index >= 15 is 0 Å². The topological polar surface area (TPSA) is 36.9 Å². The molecule has 0 amide bonds. The molecule has 0 unspecified atom stereocenters. The van der Waals surface area contributed by atoms with Crippen LogP contribution in [0, 0.1) is 6.92 Å². The normalized spacial score (nSPS) is 10.5. The van der Waals surface area contributed by atoms with Crippen molar-refractivity contribution in [1.29, 1.82) is 0 Å². The van der Waals surface area contributed by atoms with Gasteiger partial charge in [0, 0.05) is 25.3 Å². The zero-order chi connectivity index (χ0) is 22.4. The molecule has 0 aliphatic heterocycles. The predicted octanol–water partition coefficient (Wildman–Crippen LogP) is 6.68. The third kappa shape index (κ3) is 8.00. The summed E-state index contributed by atoms with van der Waals surface area (Å²) in [5, 5.41) is 0. The van der Waals surface area contributed by atoms with Crippen LogP contribution in [0.5, 0.6) is 11.5 Å². The number of hydrogen-bond donors (Lipinski definition) is 0. The standard InChI is InChI=1S/C24H34O4.C2H6/c1-6-19(7-2)20-8-10-23(11-9-20)27-12-13-28-24-21(16-25-4)14-18(3)15-22(24)17-26-5;1-2/h8-11,14-15,19H,6-7,12-13,16-17H2,1-5H3;1-2H3. The molecule has 2 aromatic carbocycles. The van der Waals surface area contributed by atoms with Crippen molar-refractivity contribution in [2.45, 2.75) is 66.6 Å². The number of rotatable bonds is 12. The highest BCUT2D eigenvalue weighted by Gasteiger charge is 2.12. The Morgan fingerprint density at radius 3 is 1.73 bits per heavy atom. The third-order valence-corrected chi connectivity index (χ3v) is 4.92. The molecule has 0 aromatic heterocycles. The van der Waals surface area contributed by atoms with Crippen LogP contribution in [0.1, 0.15) is 68.7 Å². The van der Waals surface area contributed by atoms with Crippen LogP contribution in [-0.2, 0) is 22.7 Å². The lowest BCUT2D eigenvalue weighted by atomic mass is 9.94. The second-order valence-electron chi connectivity index (χ2n) is 7.06. The molecule has 4 heteroatoms. The van der Waals surface area contributed by atoms with Gasteiger partial charge in [0.25, 0.3) is 0 Å². The van der Waals surface area contributed by atoms with Gasteiger partial charge in [-0.15, -0.1) is 0 Å². The third-order valence-electron chi connectivity index (χ3n) is 4.92. The fourth-order valence-corrected chi connectivity index (χ4v) is 3.54. The smallest absolute Gasteiger partial charge is 0.130 e. The molecule has 0 spiro atoms. The molecule has 0 N–H and O–H groups in total. The molecule has 0 bridgehead atoms. The first-order chi connectivity index (χ1) is 14.6. The molecule has 30 heavy (non-hydrogen) atoms. The number of methoxy groups -OCH3 is 2. The van der Waals surface area contributed by atoms with Crippen LogP contribution in [0.3, 0.4) is 0 Å². The average molecular weight is 417 g/mol. The molecule has 0 atom stereocenters. The van der Waals surface area contributed by atoms with Gasteiger partial charge in [-0.05, 0) is 43.4 Å². The monoisotopic (exact) mass is 416 g/mol. The Hall–Kier alpha value is -2.04. The summed E-state index contributed by atoms with van der Waals surface area (Å²) >= 11 is 0. The Kier molecular flexibility index (Phi) is 12.9. The number of benzene rings is 2. The number of hydrogen-bond acceptors (Lipinski definition) is 4. The van der Waals surface area contributed by atoms with Crippen LogP contribution in [0.15, 0.2) is 36.4 Å². The Bertz CT molecular complexity index is 678. The van der Waals surface area contributed by atoms with Crippen molar-refractivity contribution in [3.8, 4) is 11.5 Å². The highest BCUT2D eigenvalue weighted by molar-refractivity contribution is 5.44. The fraction of sp³-hybridized carbons (Fsp3) is 0.538. The molecule has 168 valence electrons. The number of aryl methyl sites for hydroxylation is 1. The summed E-state index contributed by atoms with van der Waals surface area (Å²) in [7, 11) is 3.38. The first-order valence-electron chi connectivity index (χ1n) is 11.1. The van der Waals surface area contributed by atoms with Crippen molar-refractivity contribution in [3.05, 3.63) is 58.7 Å². The molecule has 0 fully saturated rings. The average Bonchev–Trinajstić information content (AvgIpc) is 2.76. The summed E-state index contributed by atoms with van der Waals surface area (Å²) in [5.41, 5.74) is 4.61. The van der Waals surface area contributed by atoms with E-state index < -0.39 is 0 Å². The Balaban J connectivity index is 0.00000218. The summed E-state index contributed by atoms with van der Waals surface area (Å²) in [6.07, 6.45) is 2.32. The maximum absolute atomic E-state index is 6.06. The van der Waals surface area contributed by atoms with Crippen molar-refractivity contribution in [2.24, 2.45) is 0 Å². The van der Waals surface area contributed by atoms with Gasteiger partial charge in [-0.2, -0.15) is 0 Å². The van der Waals surface area contributed by atoms with Crippen molar-refractivity contribution in [3.63, 3.8) is 0 Å². The molecule has 0 saturated carbocycles. The summed E-state index contributed by atoms with van der Waals surface area (Å²) in [6.45, 7) is 12.5. The second-order valence-corrected chi connectivity index (χ2v) is 7.06. The van der Waals surface area contributed by atoms with Gasteiger partial charge in [0.2, 0.25) is 0 Å². The molecule has 2 aromatic rings. The molecule has 0 aliphatic carbocycles. The minimum absolute atomic E-state index is 0.463. The molecule has 0 saturated heterocycles. The molecular formula is C26H40O4. The lowest BCUT2D eigenvalue weighted by Gasteiger charge is -2.17. The lowest BCUT2D eigenvalue weighted by molar-refractivity contribution is 0.164. The molecule has 0 radical (unpaired) electrons. The second kappa shape index (κ2) is 14.9. The van der Waals surface area contributed by atoms with Crippen molar-refractivity contribution in [2.75, 3.05) is 27.4 Å². The van der Waals surface area contributed by atoms with E-state index in [4.69, 9.17) is 18.9 Å². The van der Waals surface area contributed by atoms with Gasteiger partial charge in [-0.1, -0.05) is 57.5 Å². The van der Waals surface area contributed by atoms with E-state index in [1.807, 2.05) is 26.0 Å². The zero-order valence-electron chi connectivity index (χ0n) is 19.9. The van der Waals surface area contributed by atoms with Crippen LogP contribution in [-0.4, -0.2) is 27.4 Å². The minimum atomic E-state index is 0.463. The zero-order valence-corrected chi connectivity index (χ0v) is 19.9. The summed E-state index contributed by atoms with van der Waals surface area (Å²) in [4.78, 5) is 0. The predicted molar refractivity (Wildman–Crippen MR) is 125 cm³/mol. The molecule has 0 aliphatic rings. The van der Waals surface area contributed by atoms with Crippen molar-refractivity contribution in [1.82, 2.24) is 0 Å². The molecule has 2 rings (SSSR count). The van der Waals surface area contributed by atoms with Gasteiger partial charge in [0.05, 0.1) is 13.2 Å². The highest BCUT2D eigenvalue weighted by Crippen LogP contribution is 2.28. The van der Waals surface area contributed by atoms with E-state index in [1.54, 1.807) is 14.2 Å². The van der Waals surface area contributed by atoms with E-state index in [0.29, 0.717) is 32.3 Å². The van der Waals surface area contributed by atoms with Gasteiger partial charge >= 0.3 is 0 Å². The Morgan fingerprint density at radius 2 is 1.27 bits per heavy atom. The van der Waals surface area contributed by atoms with Gasteiger partial charge in [-0.25, -0.2) is 0 Å². The SMILES string of the molecule is CC.CCC(CC)c1ccc(OCCOc2c(COC)cc(C)cc2COC)cc1. The summed E-state index contributed by atoms with van der Waals surface area (Å²) < 4.78 is 22.6. The minimum Gasteiger partial charge on any atom is -0.490 e. The maximum Gasteiger partial charge on any atom is 0.130 e. The molecule has 4 nitrogen and oxygen atoms in total. The van der Waals surface area contributed by atoms with Crippen LogP contribution < -0.4 is 9.47 Å². The Labute approximate surface area is 183 Å². The largest absolute Gasteiger partial charge is 0.490 e. The van der Waals surface area contributed by atoms with Crippen LogP contribution in [0.2, 0.25) is 0 Å². The maximum atomic E-state index is 6.06. The lowest BCUT2D eigenvalue weighted by Crippen LogP contribution is -2.12. The number of ether oxygens (including phenoxy) is 4. The van der Waals surface area contributed by atoms with E-state index in [0.717, 1.165) is 35.5 Å². The van der Waals surface area contributed by atoms with Gasteiger partial charge in [0.1, 0.15) is 24.7 Å². The molecular weight excluding hydrogens is 376 g/mol. The first-order valence-corrected chi connectivity index (χ1v) is 11.1. The quantitative estimate of drug-likeness (QED) is 0.362. The van der Waals surface area contributed by atoms with Crippen LogP contribution in [0.25, 0.3) is 0 Å². The Morgan fingerprint density at radius 1 is 0.767 bits per heavy atom.